The van der Waals surface area contributed by atoms with Crippen LogP contribution in [-0.4, -0.2) is 0 Å². The Balaban J connectivity index is 2.86. The molecule has 2 heteroatoms. The lowest BCUT2D eigenvalue weighted by Crippen LogP contribution is -1.99. The number of nitrogens with zero attached hydrogens (tertiary/aromatic N) is 1. The van der Waals surface area contributed by atoms with Crippen LogP contribution in [0.1, 0.15) is 0 Å². The van der Waals surface area contributed by atoms with E-state index in [4.69, 9.17) is 5.84 Å². The lowest BCUT2D eigenvalue weighted by atomic mass is 10.2. The van der Waals surface area contributed by atoms with E-state index in [1.54, 1.807) is 0 Å². The lowest BCUT2D eigenvalue weighted by Gasteiger charge is -1.87. The first-order valence-electron chi connectivity index (χ1n) is 4.13. The molecule has 0 aliphatic heterocycles. The van der Waals surface area contributed by atoms with Crippen LogP contribution >= 0.6 is 0 Å². The highest BCUT2D eigenvalue weighted by Gasteiger charge is 1.86. The molecule has 0 bridgehead atoms. The fraction of sp³-hybridized carbons (Fsp3) is 0. The maximum Gasteiger partial charge on any atom is 0.0827 e. The van der Waals surface area contributed by atoms with E-state index in [2.05, 4.69) is 17.2 Å². The van der Waals surface area contributed by atoms with Gasteiger partial charge >= 0.3 is 0 Å². The van der Waals surface area contributed by atoms with E-state index in [9.17, 15) is 0 Å². The van der Waals surface area contributed by atoms with Gasteiger partial charge in [-0.05, 0) is 22.9 Å². The molecule has 0 heterocycles. The first-order valence-corrected chi connectivity index (χ1v) is 4.13. The molecule has 0 spiro atoms. The van der Waals surface area contributed by atoms with Crippen LogP contribution in [0.15, 0.2) is 53.6 Å². The lowest BCUT2D eigenvalue weighted by molar-refractivity contribution is 1.14. The zero-order chi connectivity index (χ0) is 9.10. The number of nitrogens with two attached hydrogens (primary N) is 1. The largest absolute Gasteiger partial charge is 0.323 e. The minimum Gasteiger partial charge on any atom is -0.323 e. The summed E-state index contributed by atoms with van der Waals surface area (Å²) in [6, 6.07) is 16.0. The summed E-state index contributed by atoms with van der Waals surface area (Å²) in [5, 5.41) is 6.81. The summed E-state index contributed by atoms with van der Waals surface area (Å²) in [6.07, 6.45) is 0. The molecule has 2 aromatic rings. The molecule has 0 amide bonds. The van der Waals surface area contributed by atoms with Gasteiger partial charge in [0.1, 0.15) is 0 Å². The van der Waals surface area contributed by atoms with E-state index in [1.165, 1.54) is 10.8 Å². The van der Waals surface area contributed by atoms with E-state index in [0.717, 1.165) is 5.36 Å². The van der Waals surface area contributed by atoms with E-state index < -0.39 is 0 Å². The monoisotopic (exact) mass is 170 g/mol. The normalized spacial score (nSPS) is 9.85. The van der Waals surface area contributed by atoms with Crippen molar-refractivity contribution in [3.8, 4) is 0 Å². The van der Waals surface area contributed by atoms with E-state index in [0.29, 0.717) is 0 Å². The Hall–Kier alpha value is -1.83. The van der Waals surface area contributed by atoms with Crippen LogP contribution < -0.4 is 11.2 Å². The van der Waals surface area contributed by atoms with E-state index >= 15 is 0 Å². The molecule has 0 aromatic heterocycles. The van der Waals surface area contributed by atoms with Crippen LogP contribution in [0.5, 0.6) is 0 Å². The van der Waals surface area contributed by atoms with Gasteiger partial charge in [0.05, 0.1) is 5.36 Å². The summed E-state index contributed by atoms with van der Waals surface area (Å²) in [5.41, 5.74) is 0. The van der Waals surface area contributed by atoms with Crippen molar-refractivity contribution in [3.05, 3.63) is 53.9 Å². The number of hydrogen-bond acceptors (Lipinski definition) is 2. The van der Waals surface area contributed by atoms with Crippen LogP contribution in [0.4, 0.5) is 0 Å². The van der Waals surface area contributed by atoms with Crippen molar-refractivity contribution in [2.45, 2.75) is 0 Å². The molecule has 0 saturated heterocycles. The molecule has 0 aliphatic rings. The summed E-state index contributed by atoms with van der Waals surface area (Å²) in [7, 11) is 0. The molecule has 0 aliphatic carbocycles. The molecule has 2 nitrogen and oxygen atoms in total. The third-order valence-corrected chi connectivity index (χ3v) is 2.01. The van der Waals surface area contributed by atoms with Gasteiger partial charge in [-0.25, -0.2) is 0 Å². The van der Waals surface area contributed by atoms with Crippen molar-refractivity contribution in [3.63, 3.8) is 0 Å². The van der Waals surface area contributed by atoms with Crippen LogP contribution in [0.2, 0.25) is 0 Å². The molecule has 13 heavy (non-hydrogen) atoms. The standard InChI is InChI=1S/C11H10N2/c12-13-11-7-5-9-3-1-2-4-10(9)6-8-11/h1-8H,12H2. The van der Waals surface area contributed by atoms with Crippen molar-refractivity contribution >= 4 is 10.8 Å². The zero-order valence-electron chi connectivity index (χ0n) is 7.14. The van der Waals surface area contributed by atoms with Gasteiger partial charge in [-0.2, -0.15) is 5.10 Å². The van der Waals surface area contributed by atoms with Gasteiger partial charge in [-0.1, -0.05) is 36.4 Å². The fourth-order valence-electron chi connectivity index (χ4n) is 1.31. The van der Waals surface area contributed by atoms with Gasteiger partial charge < -0.3 is 5.84 Å². The molecule has 2 N–H and O–H groups in total. The second-order valence-corrected chi connectivity index (χ2v) is 2.85. The summed E-state index contributed by atoms with van der Waals surface area (Å²) < 4.78 is 0. The Morgan fingerprint density at radius 3 is 1.77 bits per heavy atom. The molecular formula is C11H10N2. The molecule has 2 aromatic carbocycles. The van der Waals surface area contributed by atoms with Crippen molar-refractivity contribution in [2.24, 2.45) is 10.9 Å². The Bertz CT molecular complexity index is 448. The minimum atomic E-state index is 0.788. The van der Waals surface area contributed by atoms with Gasteiger partial charge in [0.15, 0.2) is 0 Å². The molecule has 0 fully saturated rings. The Labute approximate surface area is 76.3 Å². The van der Waals surface area contributed by atoms with Crippen molar-refractivity contribution in [2.75, 3.05) is 0 Å². The highest BCUT2D eigenvalue weighted by molar-refractivity contribution is 5.81. The summed E-state index contributed by atoms with van der Waals surface area (Å²) in [6.45, 7) is 0. The molecule has 0 atom stereocenters. The average Bonchev–Trinajstić information content (AvgIpc) is 2.39. The van der Waals surface area contributed by atoms with Gasteiger partial charge in [0.25, 0.3) is 0 Å². The van der Waals surface area contributed by atoms with Crippen molar-refractivity contribution in [1.82, 2.24) is 0 Å². The van der Waals surface area contributed by atoms with E-state index in [1.807, 2.05) is 36.4 Å². The van der Waals surface area contributed by atoms with Crippen LogP contribution in [0, 0.1) is 0 Å². The van der Waals surface area contributed by atoms with Gasteiger partial charge in [-0.3, -0.25) is 0 Å². The summed E-state index contributed by atoms with van der Waals surface area (Å²) in [4.78, 5) is 0. The van der Waals surface area contributed by atoms with Crippen LogP contribution in [-0.2, 0) is 0 Å². The molecule has 0 saturated carbocycles. The zero-order valence-corrected chi connectivity index (χ0v) is 7.14. The Kier molecular flexibility index (Phi) is 1.96. The number of benzene rings is 1. The first-order chi connectivity index (χ1) is 6.40. The predicted molar refractivity (Wildman–Crippen MR) is 53.7 cm³/mol. The molecular weight excluding hydrogens is 160 g/mol. The van der Waals surface area contributed by atoms with Gasteiger partial charge in [0.2, 0.25) is 0 Å². The topological polar surface area (TPSA) is 38.4 Å². The Morgan fingerprint density at radius 2 is 1.31 bits per heavy atom. The third kappa shape index (κ3) is 1.51. The SMILES string of the molecule is NN=c1ccc2ccccc2cc1. The predicted octanol–water partition coefficient (Wildman–Crippen LogP) is 1.61. The first kappa shape index (κ1) is 7.80. The second-order valence-electron chi connectivity index (χ2n) is 2.85. The smallest absolute Gasteiger partial charge is 0.0827 e. The highest BCUT2D eigenvalue weighted by Crippen LogP contribution is 2.09. The highest BCUT2D eigenvalue weighted by atomic mass is 15.1. The third-order valence-electron chi connectivity index (χ3n) is 2.01. The fourth-order valence-corrected chi connectivity index (χ4v) is 1.31. The minimum absolute atomic E-state index is 0.788. The van der Waals surface area contributed by atoms with Gasteiger partial charge in [-0.15, -0.1) is 0 Å². The maximum atomic E-state index is 5.19. The van der Waals surface area contributed by atoms with Crippen molar-refractivity contribution in [1.29, 1.82) is 0 Å². The van der Waals surface area contributed by atoms with Crippen molar-refractivity contribution < 1.29 is 0 Å². The second kappa shape index (κ2) is 3.27. The van der Waals surface area contributed by atoms with Gasteiger partial charge in [0, 0.05) is 0 Å². The molecule has 0 unspecified atom stereocenters. The number of fused-ring (bicyclic) bond motifs is 1. The van der Waals surface area contributed by atoms with E-state index in [-0.39, 0.29) is 0 Å². The van der Waals surface area contributed by atoms with Crippen LogP contribution in [0.25, 0.3) is 10.8 Å². The number of rotatable bonds is 0. The van der Waals surface area contributed by atoms with Crippen LogP contribution in [0.3, 0.4) is 0 Å². The number of hydrogen-bond donors (Lipinski definition) is 1. The average molecular weight is 170 g/mol. The Morgan fingerprint density at radius 1 is 0.769 bits per heavy atom. The summed E-state index contributed by atoms with van der Waals surface area (Å²) >= 11 is 0. The quantitative estimate of drug-likeness (QED) is 0.473. The molecule has 0 radical (unpaired) electrons. The maximum absolute atomic E-state index is 5.19. The molecule has 64 valence electrons. The summed E-state index contributed by atoms with van der Waals surface area (Å²) in [5.74, 6) is 5.19. The molecule has 2 rings (SSSR count).